The van der Waals surface area contributed by atoms with E-state index in [1.165, 1.54) is 10.9 Å². The summed E-state index contributed by atoms with van der Waals surface area (Å²) >= 11 is 1.65. The lowest BCUT2D eigenvalue weighted by Gasteiger charge is -2.25. The fourth-order valence-corrected chi connectivity index (χ4v) is 3.05. The van der Waals surface area contributed by atoms with Crippen LogP contribution in [0.4, 0.5) is 19.0 Å². The Labute approximate surface area is 134 Å². The van der Waals surface area contributed by atoms with Crippen LogP contribution in [0, 0.1) is 0 Å². The maximum absolute atomic E-state index is 12.9. The molecule has 0 saturated carbocycles. The molecule has 122 valence electrons. The van der Waals surface area contributed by atoms with Gasteiger partial charge in [0.2, 0.25) is 0 Å². The number of hydrogen-bond donors (Lipinski definition) is 0. The summed E-state index contributed by atoms with van der Waals surface area (Å²) in [6, 6.07) is 7.23. The molecule has 0 aliphatic rings. The van der Waals surface area contributed by atoms with E-state index in [0.29, 0.717) is 5.82 Å². The Morgan fingerprint density at radius 3 is 2.70 bits per heavy atom. The molecule has 3 rings (SSSR count). The molecule has 0 aromatic carbocycles. The monoisotopic (exact) mass is 341 g/mol. The number of nitrogens with zero attached hydrogens (tertiary/aromatic N) is 5. The lowest BCUT2D eigenvalue weighted by atomic mass is 10.2. The molecular formula is C14H14F3N5S. The Kier molecular flexibility index (Phi) is 3.97. The second-order valence-electron chi connectivity index (χ2n) is 5.23. The van der Waals surface area contributed by atoms with Gasteiger partial charge in [0.05, 0.1) is 0 Å². The number of halogens is 3. The largest absolute Gasteiger partial charge is 0.453 e. The van der Waals surface area contributed by atoms with Crippen molar-refractivity contribution in [2.24, 2.45) is 0 Å². The Hall–Kier alpha value is -2.16. The lowest BCUT2D eigenvalue weighted by molar-refractivity contribution is -0.146. The zero-order valence-electron chi connectivity index (χ0n) is 12.4. The molecule has 1 unspecified atom stereocenters. The number of anilines is 1. The summed E-state index contributed by atoms with van der Waals surface area (Å²) in [5, 5.41) is 12.7. The van der Waals surface area contributed by atoms with Crippen molar-refractivity contribution in [2.75, 3.05) is 11.9 Å². The maximum Gasteiger partial charge on any atom is 0.453 e. The van der Waals surface area contributed by atoms with Gasteiger partial charge in [-0.2, -0.15) is 17.7 Å². The Bertz CT molecular complexity index is 796. The number of hydrogen-bond acceptors (Lipinski definition) is 5. The van der Waals surface area contributed by atoms with Crippen molar-refractivity contribution in [3.05, 3.63) is 40.3 Å². The highest BCUT2D eigenvalue weighted by atomic mass is 32.1. The van der Waals surface area contributed by atoms with Gasteiger partial charge >= 0.3 is 6.18 Å². The van der Waals surface area contributed by atoms with E-state index >= 15 is 0 Å². The minimum absolute atomic E-state index is 0.0698. The van der Waals surface area contributed by atoms with Crippen molar-refractivity contribution in [3.63, 3.8) is 0 Å². The summed E-state index contributed by atoms with van der Waals surface area (Å²) in [6.45, 7) is 2.00. The van der Waals surface area contributed by atoms with E-state index in [4.69, 9.17) is 0 Å². The van der Waals surface area contributed by atoms with E-state index in [-0.39, 0.29) is 11.7 Å². The maximum atomic E-state index is 12.9. The second kappa shape index (κ2) is 5.80. The van der Waals surface area contributed by atoms with E-state index in [9.17, 15) is 13.2 Å². The van der Waals surface area contributed by atoms with E-state index in [1.807, 2.05) is 36.4 Å². The van der Waals surface area contributed by atoms with Crippen LogP contribution in [-0.4, -0.2) is 32.9 Å². The van der Waals surface area contributed by atoms with Gasteiger partial charge in [-0.3, -0.25) is 0 Å². The van der Waals surface area contributed by atoms with Gasteiger partial charge in [0.1, 0.15) is 5.82 Å². The van der Waals surface area contributed by atoms with Crippen LogP contribution >= 0.6 is 11.3 Å². The van der Waals surface area contributed by atoms with Gasteiger partial charge in [0, 0.05) is 24.4 Å². The molecule has 0 aliphatic carbocycles. The molecule has 0 N–H and O–H groups in total. The van der Waals surface area contributed by atoms with Gasteiger partial charge in [-0.25, -0.2) is 0 Å². The van der Waals surface area contributed by atoms with Gasteiger partial charge in [0.25, 0.3) is 5.82 Å². The molecule has 1 atom stereocenters. The third kappa shape index (κ3) is 3.14. The average Bonchev–Trinajstić information content (AvgIpc) is 3.13. The molecule has 0 amide bonds. The fraction of sp³-hybridized carbons (Fsp3) is 0.357. The summed E-state index contributed by atoms with van der Waals surface area (Å²) in [5.41, 5.74) is 0.0698. The predicted octanol–water partition coefficient (Wildman–Crippen LogP) is 3.27. The number of alkyl halides is 3. The van der Waals surface area contributed by atoms with E-state index < -0.39 is 12.0 Å². The van der Waals surface area contributed by atoms with Crippen LogP contribution in [0.2, 0.25) is 0 Å². The zero-order valence-corrected chi connectivity index (χ0v) is 13.3. The molecule has 0 spiro atoms. The van der Waals surface area contributed by atoms with Gasteiger partial charge < -0.3 is 4.90 Å². The third-order valence-electron chi connectivity index (χ3n) is 3.60. The standard InChI is InChI=1S/C14H14F3N5S/c1-9(8-10-4-3-7-23-10)21(2)12-6-5-11-18-19-13(14(15,16)17)22(11)20-12/h3-7,9H,8H2,1-2H3. The van der Waals surface area contributed by atoms with Crippen LogP contribution in [0.1, 0.15) is 17.6 Å². The molecule has 3 aromatic heterocycles. The van der Waals surface area contributed by atoms with Crippen LogP contribution in [-0.2, 0) is 12.6 Å². The first-order chi connectivity index (χ1) is 10.9. The molecule has 0 fully saturated rings. The zero-order chi connectivity index (χ0) is 16.6. The average molecular weight is 341 g/mol. The lowest BCUT2D eigenvalue weighted by Crippen LogP contribution is -2.31. The highest BCUT2D eigenvalue weighted by Gasteiger charge is 2.37. The minimum Gasteiger partial charge on any atom is -0.355 e. The normalized spacial score (nSPS) is 13.4. The molecule has 0 radical (unpaired) electrons. The van der Waals surface area contributed by atoms with Crippen molar-refractivity contribution >= 4 is 22.8 Å². The molecule has 3 aromatic rings. The van der Waals surface area contributed by atoms with Crippen molar-refractivity contribution in [2.45, 2.75) is 25.6 Å². The third-order valence-corrected chi connectivity index (χ3v) is 4.50. The quantitative estimate of drug-likeness (QED) is 0.731. The molecule has 3 heterocycles. The van der Waals surface area contributed by atoms with Crippen LogP contribution in [0.5, 0.6) is 0 Å². The molecule has 9 heteroatoms. The van der Waals surface area contributed by atoms with Gasteiger partial charge in [-0.15, -0.1) is 26.6 Å². The van der Waals surface area contributed by atoms with Crippen molar-refractivity contribution in [1.29, 1.82) is 0 Å². The van der Waals surface area contributed by atoms with E-state index in [1.54, 1.807) is 17.4 Å². The number of thiophene rings is 1. The summed E-state index contributed by atoms with van der Waals surface area (Å²) < 4.78 is 39.5. The Balaban J connectivity index is 1.90. The van der Waals surface area contributed by atoms with Gasteiger partial charge in [-0.1, -0.05) is 6.07 Å². The van der Waals surface area contributed by atoms with Gasteiger partial charge in [-0.05, 0) is 30.5 Å². The number of rotatable bonds is 4. The predicted molar refractivity (Wildman–Crippen MR) is 81.7 cm³/mol. The number of likely N-dealkylation sites (N-methyl/N-ethyl adjacent to an activating group) is 1. The molecule has 0 saturated heterocycles. The van der Waals surface area contributed by atoms with Crippen LogP contribution in [0.3, 0.4) is 0 Å². The molecule has 0 aliphatic heterocycles. The number of aromatic nitrogens is 4. The van der Waals surface area contributed by atoms with Crippen molar-refractivity contribution in [1.82, 2.24) is 19.8 Å². The van der Waals surface area contributed by atoms with Gasteiger partial charge in [0.15, 0.2) is 5.65 Å². The number of fused-ring (bicyclic) bond motifs is 1. The van der Waals surface area contributed by atoms with Crippen molar-refractivity contribution in [3.8, 4) is 0 Å². The first-order valence-electron chi connectivity index (χ1n) is 6.91. The summed E-state index contributed by atoms with van der Waals surface area (Å²) in [7, 11) is 1.81. The first-order valence-corrected chi connectivity index (χ1v) is 7.79. The van der Waals surface area contributed by atoms with Crippen LogP contribution in [0.15, 0.2) is 29.6 Å². The van der Waals surface area contributed by atoms with Crippen LogP contribution in [0.25, 0.3) is 5.65 Å². The molecule has 5 nitrogen and oxygen atoms in total. The second-order valence-corrected chi connectivity index (χ2v) is 6.26. The molecule has 0 bridgehead atoms. The molecular weight excluding hydrogens is 327 g/mol. The first kappa shape index (κ1) is 15.7. The van der Waals surface area contributed by atoms with E-state index in [2.05, 4.69) is 15.3 Å². The van der Waals surface area contributed by atoms with Crippen LogP contribution < -0.4 is 4.90 Å². The SMILES string of the molecule is CC(Cc1cccs1)N(C)c1ccc2nnc(C(F)(F)F)n2n1. The summed E-state index contributed by atoms with van der Waals surface area (Å²) in [4.78, 5) is 3.06. The van der Waals surface area contributed by atoms with Crippen molar-refractivity contribution < 1.29 is 13.2 Å². The van der Waals surface area contributed by atoms with E-state index in [0.717, 1.165) is 10.9 Å². The minimum atomic E-state index is -4.59. The summed E-state index contributed by atoms with van der Waals surface area (Å²) in [6.07, 6.45) is -3.80. The topological polar surface area (TPSA) is 46.3 Å². The smallest absolute Gasteiger partial charge is 0.355 e. The highest BCUT2D eigenvalue weighted by Crippen LogP contribution is 2.28. The highest BCUT2D eigenvalue weighted by molar-refractivity contribution is 7.09. The Morgan fingerprint density at radius 1 is 1.26 bits per heavy atom. The molecule has 23 heavy (non-hydrogen) atoms. The fourth-order valence-electron chi connectivity index (χ4n) is 2.23. The summed E-state index contributed by atoms with van der Waals surface area (Å²) in [5.74, 6) is -0.680. The Morgan fingerprint density at radius 2 is 2.04 bits per heavy atom.